The number of likely N-dealkylation sites (N-methyl/N-ethyl adjacent to an activating group) is 1. The summed E-state index contributed by atoms with van der Waals surface area (Å²) < 4.78 is 0. The Balaban J connectivity index is 3.98. The van der Waals surface area contributed by atoms with Gasteiger partial charge in [0.05, 0.1) is 6.04 Å². The molecule has 1 atom stereocenters. The van der Waals surface area contributed by atoms with Crippen molar-refractivity contribution >= 4 is 5.91 Å². The van der Waals surface area contributed by atoms with Crippen molar-refractivity contribution in [1.82, 2.24) is 10.3 Å². The molecule has 0 fully saturated rings. The van der Waals surface area contributed by atoms with Crippen LogP contribution in [0.2, 0.25) is 0 Å². The molecule has 0 aromatic rings. The molecule has 0 aliphatic carbocycles. The maximum Gasteiger partial charge on any atom is 0.250 e. The molecule has 0 bridgehead atoms. The van der Waals surface area contributed by atoms with E-state index in [4.69, 9.17) is 10.9 Å². The highest BCUT2D eigenvalue weighted by molar-refractivity contribution is 5.80. The molecule has 5 heteroatoms. The molecular weight excluding hydrogens is 170 g/mol. The molecule has 5 nitrogen and oxygen atoms in total. The third-order valence-electron chi connectivity index (χ3n) is 2.08. The summed E-state index contributed by atoms with van der Waals surface area (Å²) in [6.07, 6.45) is 0.677. The number of aliphatic hydroxyl groups excluding tert-OH is 1. The second-order valence-electron chi connectivity index (χ2n) is 2.89. The summed E-state index contributed by atoms with van der Waals surface area (Å²) in [5, 5.41) is 8.64. The van der Waals surface area contributed by atoms with Crippen molar-refractivity contribution < 1.29 is 9.90 Å². The molecule has 0 aromatic heterocycles. The van der Waals surface area contributed by atoms with E-state index in [0.29, 0.717) is 13.0 Å². The van der Waals surface area contributed by atoms with Crippen LogP contribution in [-0.2, 0) is 4.79 Å². The van der Waals surface area contributed by atoms with Crippen LogP contribution in [-0.4, -0.2) is 41.7 Å². The number of nitrogens with zero attached hydrogens (tertiary/aromatic N) is 1. The Morgan fingerprint density at radius 1 is 1.69 bits per heavy atom. The van der Waals surface area contributed by atoms with Crippen molar-refractivity contribution in [3.8, 4) is 0 Å². The monoisotopic (exact) mass is 189 g/mol. The van der Waals surface area contributed by atoms with Gasteiger partial charge in [-0.3, -0.25) is 15.1 Å². The van der Waals surface area contributed by atoms with Gasteiger partial charge in [-0.25, -0.2) is 5.84 Å². The summed E-state index contributed by atoms with van der Waals surface area (Å²) in [6, 6.07) is -0.235. The molecule has 0 heterocycles. The smallest absolute Gasteiger partial charge is 0.250 e. The minimum Gasteiger partial charge on any atom is -0.396 e. The van der Waals surface area contributed by atoms with Gasteiger partial charge in [0.1, 0.15) is 0 Å². The number of hydrogen-bond donors (Lipinski definition) is 3. The highest BCUT2D eigenvalue weighted by Gasteiger charge is 2.17. The summed E-state index contributed by atoms with van der Waals surface area (Å²) in [6.45, 7) is 5.39. The number of rotatable bonds is 6. The van der Waals surface area contributed by atoms with Gasteiger partial charge in [0.15, 0.2) is 0 Å². The summed E-state index contributed by atoms with van der Waals surface area (Å²) in [5.41, 5.74) is 2.11. The molecule has 0 spiro atoms. The van der Waals surface area contributed by atoms with Gasteiger partial charge in [-0.05, 0) is 19.9 Å². The Morgan fingerprint density at radius 3 is 2.69 bits per heavy atom. The highest BCUT2D eigenvalue weighted by atomic mass is 16.3. The Bertz CT molecular complexity index is 152. The summed E-state index contributed by atoms with van der Waals surface area (Å²) in [4.78, 5) is 13.1. The van der Waals surface area contributed by atoms with Crippen LogP contribution in [0.3, 0.4) is 0 Å². The third kappa shape index (κ3) is 4.21. The first-order chi connectivity index (χ1) is 6.17. The highest BCUT2D eigenvalue weighted by Crippen LogP contribution is 1.99. The maximum atomic E-state index is 11.1. The Hall–Kier alpha value is -0.650. The van der Waals surface area contributed by atoms with Gasteiger partial charge in [-0.15, -0.1) is 0 Å². The Morgan fingerprint density at radius 2 is 2.31 bits per heavy atom. The molecule has 0 aliphatic heterocycles. The van der Waals surface area contributed by atoms with E-state index in [0.717, 1.165) is 6.54 Å². The lowest BCUT2D eigenvalue weighted by atomic mass is 10.2. The molecule has 0 radical (unpaired) electrons. The molecule has 0 aromatic carbocycles. The topological polar surface area (TPSA) is 78.6 Å². The van der Waals surface area contributed by atoms with Gasteiger partial charge in [0.2, 0.25) is 0 Å². The molecular formula is C8H19N3O2. The van der Waals surface area contributed by atoms with Crippen LogP contribution in [0.4, 0.5) is 0 Å². The first-order valence-electron chi connectivity index (χ1n) is 4.52. The zero-order valence-corrected chi connectivity index (χ0v) is 8.29. The lowest BCUT2D eigenvalue weighted by Gasteiger charge is -2.25. The Kier molecular flexibility index (Phi) is 6.48. The first-order valence-corrected chi connectivity index (χ1v) is 4.52. The fraction of sp³-hybridized carbons (Fsp3) is 0.875. The zero-order valence-electron chi connectivity index (χ0n) is 8.29. The molecule has 78 valence electrons. The average molecular weight is 189 g/mol. The molecule has 0 rings (SSSR count). The van der Waals surface area contributed by atoms with Crippen molar-refractivity contribution in [3.63, 3.8) is 0 Å². The van der Waals surface area contributed by atoms with Crippen LogP contribution in [0.25, 0.3) is 0 Å². The van der Waals surface area contributed by atoms with Crippen molar-refractivity contribution in [2.24, 2.45) is 5.84 Å². The number of hydrazine groups is 1. The molecule has 0 saturated heterocycles. The lowest BCUT2D eigenvalue weighted by Crippen LogP contribution is -2.47. The van der Waals surface area contributed by atoms with E-state index >= 15 is 0 Å². The van der Waals surface area contributed by atoms with Crippen molar-refractivity contribution in [1.29, 1.82) is 0 Å². The number of carbonyl (C=O) groups excluding carboxylic acids is 1. The van der Waals surface area contributed by atoms with Gasteiger partial charge >= 0.3 is 0 Å². The lowest BCUT2D eigenvalue weighted by molar-refractivity contribution is -0.126. The molecule has 13 heavy (non-hydrogen) atoms. The second kappa shape index (κ2) is 6.82. The summed E-state index contributed by atoms with van der Waals surface area (Å²) >= 11 is 0. The normalized spacial score (nSPS) is 13.0. The van der Waals surface area contributed by atoms with Crippen LogP contribution in [0.5, 0.6) is 0 Å². The van der Waals surface area contributed by atoms with Crippen molar-refractivity contribution in [2.45, 2.75) is 26.3 Å². The largest absolute Gasteiger partial charge is 0.396 e. The fourth-order valence-electron chi connectivity index (χ4n) is 1.19. The van der Waals surface area contributed by atoms with E-state index in [1.165, 1.54) is 0 Å². The standard InChI is InChI=1S/C8H19N3O2/c1-3-11(5-4-6-12)7(2)8(13)10-9/h7,12H,3-6,9H2,1-2H3,(H,10,13). The molecule has 1 unspecified atom stereocenters. The van der Waals surface area contributed by atoms with E-state index in [1.54, 1.807) is 6.92 Å². The number of nitrogens with one attached hydrogen (secondary N) is 1. The molecule has 0 aliphatic rings. The number of hydrogen-bond acceptors (Lipinski definition) is 4. The summed E-state index contributed by atoms with van der Waals surface area (Å²) in [7, 11) is 0. The van der Waals surface area contributed by atoms with Crippen LogP contribution in [0.15, 0.2) is 0 Å². The van der Waals surface area contributed by atoms with Crippen LogP contribution >= 0.6 is 0 Å². The zero-order chi connectivity index (χ0) is 10.3. The van der Waals surface area contributed by atoms with E-state index in [9.17, 15) is 4.79 Å². The van der Waals surface area contributed by atoms with Crippen molar-refractivity contribution in [2.75, 3.05) is 19.7 Å². The minimum absolute atomic E-state index is 0.146. The second-order valence-corrected chi connectivity index (χ2v) is 2.89. The predicted octanol–water partition coefficient (Wildman–Crippen LogP) is -0.931. The van der Waals surface area contributed by atoms with E-state index in [2.05, 4.69) is 5.43 Å². The van der Waals surface area contributed by atoms with Crippen LogP contribution < -0.4 is 11.3 Å². The van der Waals surface area contributed by atoms with Gasteiger partial charge in [-0.1, -0.05) is 6.92 Å². The van der Waals surface area contributed by atoms with Gasteiger partial charge in [0, 0.05) is 13.2 Å². The quantitative estimate of drug-likeness (QED) is 0.286. The minimum atomic E-state index is -0.235. The number of carbonyl (C=O) groups is 1. The summed E-state index contributed by atoms with van der Waals surface area (Å²) in [5.74, 6) is 4.82. The van der Waals surface area contributed by atoms with E-state index < -0.39 is 0 Å². The van der Waals surface area contributed by atoms with E-state index in [1.807, 2.05) is 11.8 Å². The third-order valence-corrected chi connectivity index (χ3v) is 2.08. The number of aliphatic hydroxyl groups is 1. The maximum absolute atomic E-state index is 11.1. The Labute approximate surface area is 78.9 Å². The molecule has 1 amide bonds. The number of amides is 1. The molecule has 0 saturated carbocycles. The molecule has 4 N–H and O–H groups in total. The van der Waals surface area contributed by atoms with Gasteiger partial charge in [-0.2, -0.15) is 0 Å². The fourth-order valence-corrected chi connectivity index (χ4v) is 1.19. The van der Waals surface area contributed by atoms with E-state index in [-0.39, 0.29) is 18.6 Å². The first kappa shape index (κ1) is 12.3. The van der Waals surface area contributed by atoms with Crippen LogP contribution in [0.1, 0.15) is 20.3 Å². The predicted molar refractivity (Wildman–Crippen MR) is 50.7 cm³/mol. The van der Waals surface area contributed by atoms with Gasteiger partial charge in [0.25, 0.3) is 5.91 Å². The van der Waals surface area contributed by atoms with Crippen molar-refractivity contribution in [3.05, 3.63) is 0 Å². The number of nitrogens with two attached hydrogens (primary N) is 1. The average Bonchev–Trinajstić information content (AvgIpc) is 2.17. The van der Waals surface area contributed by atoms with Gasteiger partial charge < -0.3 is 5.11 Å². The SMILES string of the molecule is CCN(CCCO)C(C)C(=O)NN. The van der Waals surface area contributed by atoms with Crippen LogP contribution in [0, 0.1) is 0 Å².